The van der Waals surface area contributed by atoms with Crippen molar-refractivity contribution in [2.45, 2.75) is 45.1 Å². The van der Waals surface area contributed by atoms with Crippen LogP contribution in [0.4, 0.5) is 0 Å². The van der Waals surface area contributed by atoms with Crippen molar-refractivity contribution in [3.05, 3.63) is 35.4 Å². The minimum atomic E-state index is 0.702. The fraction of sp³-hybridized carbons (Fsp3) is 0.647. The molecule has 98 valence electrons. The number of hydrogen-bond acceptors (Lipinski definition) is 1. The number of aryl methyl sites for hydroxylation is 1. The van der Waals surface area contributed by atoms with Gasteiger partial charge in [-0.2, -0.15) is 0 Å². The normalized spacial score (nSPS) is 31.1. The van der Waals surface area contributed by atoms with Gasteiger partial charge in [0, 0.05) is 6.04 Å². The molecule has 1 heteroatoms. The van der Waals surface area contributed by atoms with E-state index < -0.39 is 0 Å². The minimum Gasteiger partial charge on any atom is -0.316 e. The quantitative estimate of drug-likeness (QED) is 0.835. The van der Waals surface area contributed by atoms with Crippen molar-refractivity contribution < 1.29 is 0 Å². The van der Waals surface area contributed by atoms with E-state index in [2.05, 4.69) is 43.6 Å². The average Bonchev–Trinajstić information content (AvgIpc) is 2.89. The lowest BCUT2D eigenvalue weighted by molar-refractivity contribution is 0.428. The van der Waals surface area contributed by atoms with Gasteiger partial charge < -0.3 is 5.32 Å². The first-order valence-electron chi connectivity index (χ1n) is 7.58. The highest BCUT2D eigenvalue weighted by Crippen LogP contribution is 2.59. The predicted molar refractivity (Wildman–Crippen MR) is 76.7 cm³/mol. The fourth-order valence-corrected chi connectivity index (χ4v) is 4.07. The highest BCUT2D eigenvalue weighted by molar-refractivity contribution is 5.24. The number of fused-ring (bicyclic) bond motifs is 1. The van der Waals surface area contributed by atoms with Gasteiger partial charge in [-0.15, -0.1) is 0 Å². The van der Waals surface area contributed by atoms with Crippen molar-refractivity contribution in [3.63, 3.8) is 0 Å². The third-order valence-electron chi connectivity index (χ3n) is 5.19. The average molecular weight is 243 g/mol. The Morgan fingerprint density at radius 1 is 1.11 bits per heavy atom. The minimum absolute atomic E-state index is 0.702. The van der Waals surface area contributed by atoms with E-state index in [0.29, 0.717) is 6.04 Å². The number of benzene rings is 1. The van der Waals surface area contributed by atoms with Crippen LogP contribution in [0.2, 0.25) is 0 Å². The molecule has 0 amide bonds. The van der Waals surface area contributed by atoms with E-state index in [1.165, 1.54) is 36.8 Å². The zero-order valence-electron chi connectivity index (χ0n) is 11.7. The highest BCUT2D eigenvalue weighted by atomic mass is 14.9. The molecule has 2 saturated carbocycles. The molecular formula is C17H25N. The predicted octanol–water partition coefficient (Wildman–Crippen LogP) is 3.43. The molecular weight excluding hydrogens is 218 g/mol. The first-order chi connectivity index (χ1) is 8.83. The molecule has 3 atom stereocenters. The third-order valence-corrected chi connectivity index (χ3v) is 5.19. The summed E-state index contributed by atoms with van der Waals surface area (Å²) in [5.41, 5.74) is 2.94. The van der Waals surface area contributed by atoms with Crippen molar-refractivity contribution in [2.75, 3.05) is 7.05 Å². The van der Waals surface area contributed by atoms with E-state index in [1.54, 1.807) is 0 Å². The Labute approximate surface area is 111 Å². The lowest BCUT2D eigenvalue weighted by atomic mass is 9.96. The molecule has 2 aliphatic rings. The summed E-state index contributed by atoms with van der Waals surface area (Å²) in [6.45, 7) is 2.22. The maximum absolute atomic E-state index is 3.57. The molecule has 0 saturated heterocycles. The van der Waals surface area contributed by atoms with Crippen LogP contribution in [0.25, 0.3) is 0 Å². The van der Waals surface area contributed by atoms with Crippen LogP contribution >= 0.6 is 0 Å². The van der Waals surface area contributed by atoms with Gasteiger partial charge in [-0.25, -0.2) is 0 Å². The van der Waals surface area contributed by atoms with Gasteiger partial charge in [-0.05, 0) is 61.6 Å². The standard InChI is InChI=1S/C17H25N/c1-3-12-7-9-13(10-8-12)11-16(18-2)17-14-5-4-6-15(14)17/h7-10,14-18H,3-6,11H2,1-2H3. The molecule has 0 aliphatic heterocycles. The first kappa shape index (κ1) is 12.2. The Balaban J connectivity index is 1.63. The van der Waals surface area contributed by atoms with Crippen molar-refractivity contribution in [2.24, 2.45) is 17.8 Å². The van der Waals surface area contributed by atoms with Crippen LogP contribution in [-0.4, -0.2) is 13.1 Å². The second kappa shape index (κ2) is 5.05. The summed E-state index contributed by atoms with van der Waals surface area (Å²) in [4.78, 5) is 0. The largest absolute Gasteiger partial charge is 0.316 e. The van der Waals surface area contributed by atoms with E-state index >= 15 is 0 Å². The van der Waals surface area contributed by atoms with Crippen molar-refractivity contribution >= 4 is 0 Å². The first-order valence-corrected chi connectivity index (χ1v) is 7.58. The van der Waals surface area contributed by atoms with Gasteiger partial charge in [0.05, 0.1) is 0 Å². The van der Waals surface area contributed by atoms with E-state index in [-0.39, 0.29) is 0 Å². The third kappa shape index (κ3) is 2.21. The van der Waals surface area contributed by atoms with E-state index in [0.717, 1.165) is 24.2 Å². The molecule has 2 fully saturated rings. The zero-order valence-corrected chi connectivity index (χ0v) is 11.7. The molecule has 1 nitrogen and oxygen atoms in total. The summed E-state index contributed by atoms with van der Waals surface area (Å²) in [6, 6.07) is 9.92. The monoisotopic (exact) mass is 243 g/mol. The number of likely N-dealkylation sites (N-methyl/N-ethyl adjacent to an activating group) is 1. The highest BCUT2D eigenvalue weighted by Gasteiger charge is 2.55. The Bertz CT molecular complexity index is 385. The lowest BCUT2D eigenvalue weighted by Crippen LogP contribution is -2.31. The number of nitrogens with one attached hydrogen (secondary N) is 1. The van der Waals surface area contributed by atoms with Gasteiger partial charge in [-0.1, -0.05) is 37.6 Å². The van der Waals surface area contributed by atoms with Gasteiger partial charge in [0.2, 0.25) is 0 Å². The molecule has 3 unspecified atom stereocenters. The Morgan fingerprint density at radius 3 is 2.28 bits per heavy atom. The zero-order chi connectivity index (χ0) is 12.5. The molecule has 0 spiro atoms. The van der Waals surface area contributed by atoms with Crippen LogP contribution in [0.5, 0.6) is 0 Å². The molecule has 3 rings (SSSR count). The maximum Gasteiger partial charge on any atom is 0.0138 e. The van der Waals surface area contributed by atoms with Crippen LogP contribution in [0.15, 0.2) is 24.3 Å². The Kier molecular flexibility index (Phi) is 3.43. The SMILES string of the molecule is CCc1ccc(CC(NC)C2C3CCCC32)cc1. The molecule has 1 N–H and O–H groups in total. The van der Waals surface area contributed by atoms with E-state index in [1.807, 2.05) is 0 Å². The Hall–Kier alpha value is -0.820. The smallest absolute Gasteiger partial charge is 0.0138 e. The molecule has 1 aromatic rings. The van der Waals surface area contributed by atoms with Crippen LogP contribution in [-0.2, 0) is 12.8 Å². The summed E-state index contributed by atoms with van der Waals surface area (Å²) in [6.07, 6.45) is 6.80. The number of rotatable bonds is 5. The van der Waals surface area contributed by atoms with Crippen LogP contribution < -0.4 is 5.32 Å². The molecule has 0 radical (unpaired) electrons. The molecule has 1 aromatic carbocycles. The van der Waals surface area contributed by atoms with Crippen LogP contribution in [0, 0.1) is 17.8 Å². The lowest BCUT2D eigenvalue weighted by Gasteiger charge is -2.18. The second-order valence-electron chi connectivity index (χ2n) is 6.11. The maximum atomic E-state index is 3.57. The second-order valence-corrected chi connectivity index (χ2v) is 6.11. The summed E-state index contributed by atoms with van der Waals surface area (Å²) >= 11 is 0. The van der Waals surface area contributed by atoms with E-state index in [9.17, 15) is 0 Å². The topological polar surface area (TPSA) is 12.0 Å². The van der Waals surface area contributed by atoms with Crippen molar-refractivity contribution in [1.82, 2.24) is 5.32 Å². The van der Waals surface area contributed by atoms with Crippen LogP contribution in [0.3, 0.4) is 0 Å². The molecule has 0 heterocycles. The molecule has 0 bridgehead atoms. The van der Waals surface area contributed by atoms with Crippen molar-refractivity contribution in [1.29, 1.82) is 0 Å². The van der Waals surface area contributed by atoms with Gasteiger partial charge in [0.25, 0.3) is 0 Å². The summed E-state index contributed by atoms with van der Waals surface area (Å²) in [7, 11) is 2.14. The van der Waals surface area contributed by atoms with Gasteiger partial charge in [0.15, 0.2) is 0 Å². The Morgan fingerprint density at radius 2 is 1.72 bits per heavy atom. The van der Waals surface area contributed by atoms with Gasteiger partial charge in [-0.3, -0.25) is 0 Å². The molecule has 18 heavy (non-hydrogen) atoms. The van der Waals surface area contributed by atoms with Gasteiger partial charge in [0.1, 0.15) is 0 Å². The fourth-order valence-electron chi connectivity index (χ4n) is 4.07. The summed E-state index contributed by atoms with van der Waals surface area (Å²) in [5, 5.41) is 3.57. The summed E-state index contributed by atoms with van der Waals surface area (Å²) < 4.78 is 0. The molecule has 0 aromatic heterocycles. The number of hydrogen-bond donors (Lipinski definition) is 1. The molecule has 2 aliphatic carbocycles. The van der Waals surface area contributed by atoms with Crippen molar-refractivity contribution in [3.8, 4) is 0 Å². The van der Waals surface area contributed by atoms with Gasteiger partial charge >= 0.3 is 0 Å². The van der Waals surface area contributed by atoms with E-state index in [4.69, 9.17) is 0 Å². The van der Waals surface area contributed by atoms with Crippen LogP contribution in [0.1, 0.15) is 37.3 Å². The summed E-state index contributed by atoms with van der Waals surface area (Å²) in [5.74, 6) is 3.07.